The molecule has 10 nitrogen and oxygen atoms in total. The van der Waals surface area contributed by atoms with Crippen molar-refractivity contribution in [1.29, 1.82) is 5.26 Å². The zero-order valence-corrected chi connectivity index (χ0v) is 19.0. The third-order valence-corrected chi connectivity index (χ3v) is 5.16. The molecule has 0 spiro atoms. The Kier molecular flexibility index (Phi) is 7.38. The first kappa shape index (κ1) is 24.1. The summed E-state index contributed by atoms with van der Waals surface area (Å²) in [5, 5.41) is 32.0. The van der Waals surface area contributed by atoms with E-state index in [1.807, 2.05) is 13.0 Å². The van der Waals surface area contributed by atoms with E-state index in [2.05, 4.69) is 4.98 Å². The molecule has 2 aromatic carbocycles. The number of benzene rings is 2. The highest BCUT2D eigenvalue weighted by atomic mass is 16.6. The van der Waals surface area contributed by atoms with Crippen LogP contribution < -0.4 is 19.9 Å². The number of nitro benzene ring substituents is 1. The van der Waals surface area contributed by atoms with Gasteiger partial charge in [0.05, 0.1) is 31.4 Å². The number of nitrogens with zero attached hydrogens (tertiary/aromatic N) is 3. The molecule has 0 amide bonds. The first-order valence-corrected chi connectivity index (χ1v) is 10.4. The molecule has 0 fully saturated rings. The molecule has 0 aliphatic heterocycles. The maximum absolute atomic E-state index is 11.7. The predicted molar refractivity (Wildman–Crippen MR) is 126 cm³/mol. The number of nitrogen functional groups attached to an aromatic ring is 1. The normalized spacial score (nSPS) is 10.4. The molecule has 0 aliphatic carbocycles. The minimum Gasteiger partial charge on any atom is -0.507 e. The highest BCUT2D eigenvalue weighted by molar-refractivity contribution is 5.83. The highest BCUT2D eigenvalue weighted by Crippen LogP contribution is 2.42. The van der Waals surface area contributed by atoms with E-state index in [1.54, 1.807) is 18.2 Å². The maximum atomic E-state index is 11.7. The third-order valence-electron chi connectivity index (χ3n) is 5.16. The fourth-order valence-corrected chi connectivity index (χ4v) is 3.40. The fraction of sp³-hybridized carbons (Fsp3) is 0.250. The van der Waals surface area contributed by atoms with E-state index < -0.39 is 4.92 Å². The van der Waals surface area contributed by atoms with Crippen molar-refractivity contribution in [2.24, 2.45) is 0 Å². The number of rotatable bonds is 9. The lowest BCUT2D eigenvalue weighted by Gasteiger charge is -2.14. The molecule has 0 bridgehead atoms. The topological polar surface area (TPSA) is 154 Å². The number of aromatic nitrogens is 1. The molecular weight excluding hydrogens is 440 g/mol. The Labute approximate surface area is 196 Å². The van der Waals surface area contributed by atoms with Crippen LogP contribution in [0, 0.1) is 21.4 Å². The van der Waals surface area contributed by atoms with Crippen LogP contribution in [0.25, 0.3) is 22.4 Å². The van der Waals surface area contributed by atoms with Crippen molar-refractivity contribution in [3.05, 3.63) is 52.1 Å². The highest BCUT2D eigenvalue weighted by Gasteiger charge is 2.23. The van der Waals surface area contributed by atoms with Crippen LogP contribution in [0.3, 0.4) is 0 Å². The first-order valence-electron chi connectivity index (χ1n) is 10.4. The van der Waals surface area contributed by atoms with Crippen molar-refractivity contribution < 1.29 is 24.2 Å². The molecule has 3 N–H and O–H groups in total. The van der Waals surface area contributed by atoms with Gasteiger partial charge >= 0.3 is 5.69 Å². The Bertz CT molecular complexity index is 1270. The number of methoxy groups -OCH3 is 2. The van der Waals surface area contributed by atoms with Gasteiger partial charge in [0.2, 0.25) is 5.75 Å². The Hall–Kier alpha value is -4.52. The molecule has 176 valence electrons. The van der Waals surface area contributed by atoms with Gasteiger partial charge in [0.1, 0.15) is 23.2 Å². The van der Waals surface area contributed by atoms with Gasteiger partial charge in [0, 0.05) is 23.3 Å². The molecule has 3 aromatic rings. The number of hydrogen-bond acceptors (Lipinski definition) is 9. The van der Waals surface area contributed by atoms with Crippen LogP contribution in [-0.2, 0) is 0 Å². The molecule has 34 heavy (non-hydrogen) atoms. The van der Waals surface area contributed by atoms with Crippen LogP contribution in [0.5, 0.6) is 23.0 Å². The molecule has 0 saturated carbocycles. The number of nitriles is 1. The summed E-state index contributed by atoms with van der Waals surface area (Å²) in [7, 11) is 2.99. The molecule has 0 saturated heterocycles. The van der Waals surface area contributed by atoms with E-state index in [0.717, 1.165) is 6.42 Å². The maximum Gasteiger partial charge on any atom is 0.311 e. The number of unbranched alkanes of at least 4 members (excludes halogenated alkanes) is 1. The fourth-order valence-electron chi connectivity index (χ4n) is 3.40. The van der Waals surface area contributed by atoms with Crippen molar-refractivity contribution >= 4 is 11.5 Å². The first-order chi connectivity index (χ1) is 16.3. The van der Waals surface area contributed by atoms with E-state index in [1.165, 1.54) is 32.4 Å². The van der Waals surface area contributed by atoms with Crippen LogP contribution in [0.4, 0.5) is 11.5 Å². The zero-order valence-electron chi connectivity index (χ0n) is 19.0. The number of anilines is 1. The van der Waals surface area contributed by atoms with Gasteiger partial charge in [-0.05, 0) is 30.2 Å². The van der Waals surface area contributed by atoms with Gasteiger partial charge in [-0.2, -0.15) is 5.26 Å². The average molecular weight is 464 g/mol. The lowest BCUT2D eigenvalue weighted by Crippen LogP contribution is -2.02. The molecule has 0 radical (unpaired) electrons. The number of nitrogens with two attached hydrogens (primary N) is 1. The monoisotopic (exact) mass is 464 g/mol. The number of phenolic OH excluding ortho intramolecular Hbond substituents is 1. The van der Waals surface area contributed by atoms with Gasteiger partial charge in [0.25, 0.3) is 0 Å². The molecule has 3 rings (SSSR count). The lowest BCUT2D eigenvalue weighted by atomic mass is 9.97. The molecule has 10 heteroatoms. The van der Waals surface area contributed by atoms with Gasteiger partial charge < -0.3 is 25.1 Å². The Morgan fingerprint density at radius 2 is 1.85 bits per heavy atom. The Balaban J connectivity index is 2.18. The summed E-state index contributed by atoms with van der Waals surface area (Å²) in [4.78, 5) is 15.3. The summed E-state index contributed by atoms with van der Waals surface area (Å²) in [5.41, 5.74) is 7.09. The predicted octanol–water partition coefficient (Wildman–Crippen LogP) is 4.68. The van der Waals surface area contributed by atoms with Crippen molar-refractivity contribution in [3.63, 3.8) is 0 Å². The molecular formula is C24H24N4O6. The van der Waals surface area contributed by atoms with Gasteiger partial charge in [-0.3, -0.25) is 10.1 Å². The number of aromatic hydroxyl groups is 1. The van der Waals surface area contributed by atoms with Crippen LogP contribution in [0.15, 0.2) is 36.4 Å². The summed E-state index contributed by atoms with van der Waals surface area (Å²) >= 11 is 0. The Morgan fingerprint density at radius 3 is 2.47 bits per heavy atom. The third kappa shape index (κ3) is 4.78. The second kappa shape index (κ2) is 10.4. The lowest BCUT2D eigenvalue weighted by molar-refractivity contribution is -0.385. The molecule has 1 heterocycles. The van der Waals surface area contributed by atoms with Crippen LogP contribution >= 0.6 is 0 Å². The largest absolute Gasteiger partial charge is 0.507 e. The van der Waals surface area contributed by atoms with Crippen LogP contribution in [0.2, 0.25) is 0 Å². The summed E-state index contributed by atoms with van der Waals surface area (Å²) in [5.74, 6) is 0.537. The average Bonchev–Trinajstić information content (AvgIpc) is 2.83. The van der Waals surface area contributed by atoms with Gasteiger partial charge in [-0.1, -0.05) is 19.4 Å². The number of pyridine rings is 1. The summed E-state index contributed by atoms with van der Waals surface area (Å²) < 4.78 is 16.1. The zero-order chi connectivity index (χ0) is 24.8. The molecule has 0 atom stereocenters. The number of ether oxygens (including phenoxy) is 3. The standard InChI is InChI=1S/C24H24N4O6/c1-4-5-8-34-22-12-20(29)16(11-19(22)28(30)31)18-10-15(17(13-25)24(26)27-18)14-6-7-21(32-2)23(9-14)33-3/h6-7,9-12,29H,4-5,8H2,1-3H3,(H2,26,27). The molecule has 1 aromatic heterocycles. The minimum absolute atomic E-state index is 0.0403. The number of phenols is 1. The minimum atomic E-state index is -0.591. The van der Waals surface area contributed by atoms with Gasteiger partial charge in [0.15, 0.2) is 11.5 Å². The number of hydrogen-bond donors (Lipinski definition) is 2. The van der Waals surface area contributed by atoms with E-state index >= 15 is 0 Å². The summed E-state index contributed by atoms with van der Waals surface area (Å²) in [6.07, 6.45) is 1.56. The summed E-state index contributed by atoms with van der Waals surface area (Å²) in [6.45, 7) is 2.25. The summed E-state index contributed by atoms with van der Waals surface area (Å²) in [6, 6.07) is 11.0. The SMILES string of the molecule is CCCCOc1cc(O)c(-c2cc(-c3ccc(OC)c(OC)c3)c(C#N)c(N)n2)cc1[N+](=O)[O-]. The van der Waals surface area contributed by atoms with Crippen molar-refractivity contribution in [3.8, 4) is 51.5 Å². The van der Waals surface area contributed by atoms with E-state index in [-0.39, 0.29) is 46.4 Å². The van der Waals surface area contributed by atoms with Crippen molar-refractivity contribution in [2.75, 3.05) is 26.6 Å². The van der Waals surface area contributed by atoms with E-state index in [0.29, 0.717) is 29.0 Å². The van der Waals surface area contributed by atoms with Gasteiger partial charge in [-0.15, -0.1) is 0 Å². The van der Waals surface area contributed by atoms with E-state index in [9.17, 15) is 20.5 Å². The Morgan fingerprint density at radius 1 is 1.12 bits per heavy atom. The van der Waals surface area contributed by atoms with Crippen LogP contribution in [-0.4, -0.2) is 35.8 Å². The van der Waals surface area contributed by atoms with E-state index in [4.69, 9.17) is 19.9 Å². The van der Waals surface area contributed by atoms with Crippen molar-refractivity contribution in [1.82, 2.24) is 4.98 Å². The smallest absolute Gasteiger partial charge is 0.311 e. The quantitative estimate of drug-likeness (QED) is 0.261. The van der Waals surface area contributed by atoms with Gasteiger partial charge in [-0.25, -0.2) is 4.98 Å². The number of nitro groups is 1. The molecule has 0 aliphatic rings. The second-order valence-corrected chi connectivity index (χ2v) is 7.29. The molecule has 0 unspecified atom stereocenters. The van der Waals surface area contributed by atoms with Crippen molar-refractivity contribution in [2.45, 2.75) is 19.8 Å². The van der Waals surface area contributed by atoms with Crippen LogP contribution in [0.1, 0.15) is 25.3 Å². The second-order valence-electron chi connectivity index (χ2n) is 7.29.